The van der Waals surface area contributed by atoms with Crippen molar-refractivity contribution in [3.05, 3.63) is 135 Å². The molecular weight excluding hydrogens is 755 g/mol. The Labute approximate surface area is 357 Å². The number of benzene rings is 5. The molecule has 10 rings (SSSR count). The van der Waals surface area contributed by atoms with Crippen LogP contribution in [0.3, 0.4) is 0 Å². The maximum Gasteiger partial charge on any atom is 0.344 e. The third-order valence-corrected chi connectivity index (χ3v) is 13.8. The summed E-state index contributed by atoms with van der Waals surface area (Å²) in [4.78, 5) is 33.0. The van der Waals surface area contributed by atoms with E-state index in [1.165, 1.54) is 16.8 Å². The highest BCUT2D eigenvalue weighted by atomic mass is 16.4. The Balaban J connectivity index is 1.11. The highest BCUT2D eigenvalue weighted by molar-refractivity contribution is 6.11. The molecule has 0 spiro atoms. The Morgan fingerprint density at radius 1 is 0.639 bits per heavy atom. The maximum atomic E-state index is 14.2. The van der Waals surface area contributed by atoms with Gasteiger partial charge < -0.3 is 23.2 Å². The average molecular weight is 810 g/mol. The molecule has 0 fully saturated rings. The van der Waals surface area contributed by atoms with Crippen LogP contribution in [-0.2, 0) is 10.8 Å². The first-order valence-electron chi connectivity index (χ1n) is 22.3. The molecule has 0 unspecified atom stereocenters. The van der Waals surface area contributed by atoms with Crippen molar-refractivity contribution in [1.29, 1.82) is 0 Å². The molecule has 61 heavy (non-hydrogen) atoms. The second-order valence-electron chi connectivity index (χ2n) is 18.8. The fourth-order valence-corrected chi connectivity index (χ4v) is 10.1. The summed E-state index contributed by atoms with van der Waals surface area (Å²) in [5.74, 6) is 0. The number of rotatable bonds is 10. The SMILES string of the molecule is CCCCN(CCCC)c1ccc2cc(-c3ccc4c5ccc(-c6cc7cc8c9c(c7oc6=O)C(C)(C)CCN9CCC8(C)C)cc5n(-c5ccccc5)c4c3)c(=O)oc2c1. The van der Waals surface area contributed by atoms with Crippen molar-refractivity contribution in [3.63, 3.8) is 0 Å². The molecule has 0 saturated heterocycles. The lowest BCUT2D eigenvalue weighted by Crippen LogP contribution is -2.44. The van der Waals surface area contributed by atoms with Crippen molar-refractivity contribution in [2.24, 2.45) is 0 Å². The molecule has 7 heteroatoms. The molecule has 310 valence electrons. The molecule has 3 aromatic heterocycles. The number of unbranched alkanes of at least 4 members (excludes halogenated alkanes) is 2. The van der Waals surface area contributed by atoms with Crippen LogP contribution in [0.5, 0.6) is 0 Å². The minimum atomic E-state index is -0.361. The molecule has 8 aromatic rings. The van der Waals surface area contributed by atoms with Crippen molar-refractivity contribution < 1.29 is 8.83 Å². The summed E-state index contributed by atoms with van der Waals surface area (Å²) in [5.41, 5.74) is 10.9. The fourth-order valence-electron chi connectivity index (χ4n) is 10.1. The number of anilines is 2. The first-order valence-corrected chi connectivity index (χ1v) is 22.3. The summed E-state index contributed by atoms with van der Waals surface area (Å²) in [7, 11) is 0. The molecule has 2 aliphatic heterocycles. The van der Waals surface area contributed by atoms with Gasteiger partial charge in [-0.05, 0) is 108 Å². The molecule has 0 bridgehead atoms. The van der Waals surface area contributed by atoms with Gasteiger partial charge in [-0.1, -0.05) is 96.8 Å². The first-order chi connectivity index (χ1) is 29.5. The van der Waals surface area contributed by atoms with Gasteiger partial charge >= 0.3 is 11.3 Å². The molecule has 0 aliphatic carbocycles. The van der Waals surface area contributed by atoms with Crippen LogP contribution < -0.4 is 21.1 Å². The van der Waals surface area contributed by atoms with E-state index in [9.17, 15) is 9.59 Å². The lowest BCUT2D eigenvalue weighted by molar-refractivity contribution is 0.398. The topological polar surface area (TPSA) is 71.8 Å². The van der Waals surface area contributed by atoms with Crippen LogP contribution in [0.2, 0.25) is 0 Å². The molecule has 5 heterocycles. The lowest BCUT2D eigenvalue weighted by atomic mass is 9.69. The van der Waals surface area contributed by atoms with Crippen LogP contribution in [0.4, 0.5) is 11.4 Å². The predicted octanol–water partition coefficient (Wildman–Crippen LogP) is 12.9. The van der Waals surface area contributed by atoms with E-state index in [0.717, 1.165) is 120 Å². The van der Waals surface area contributed by atoms with Crippen LogP contribution in [0.15, 0.2) is 122 Å². The van der Waals surface area contributed by atoms with Crippen molar-refractivity contribution in [2.45, 2.75) is 90.9 Å². The van der Waals surface area contributed by atoms with E-state index in [1.807, 2.05) is 42.5 Å². The monoisotopic (exact) mass is 809 g/mol. The number of fused-ring (bicyclic) bond motifs is 6. The maximum absolute atomic E-state index is 14.2. The summed E-state index contributed by atoms with van der Waals surface area (Å²) < 4.78 is 14.8. The van der Waals surface area contributed by atoms with Gasteiger partial charge in [0.25, 0.3) is 0 Å². The summed E-state index contributed by atoms with van der Waals surface area (Å²) in [5, 5.41) is 3.96. The van der Waals surface area contributed by atoms with E-state index in [4.69, 9.17) is 8.83 Å². The molecule has 0 atom stereocenters. The van der Waals surface area contributed by atoms with Crippen molar-refractivity contribution in [3.8, 4) is 27.9 Å². The molecule has 5 aromatic carbocycles. The first kappa shape index (κ1) is 39.1. The molecule has 0 amide bonds. The van der Waals surface area contributed by atoms with Gasteiger partial charge in [-0.2, -0.15) is 0 Å². The molecule has 0 saturated carbocycles. The van der Waals surface area contributed by atoms with E-state index in [-0.39, 0.29) is 22.1 Å². The number of aromatic nitrogens is 1. The van der Waals surface area contributed by atoms with Crippen LogP contribution in [0.25, 0.3) is 71.7 Å². The Kier molecular flexibility index (Phi) is 9.50. The van der Waals surface area contributed by atoms with Crippen LogP contribution in [0, 0.1) is 0 Å². The predicted molar refractivity (Wildman–Crippen MR) is 253 cm³/mol. The minimum absolute atomic E-state index is 0.00789. The molecule has 0 N–H and O–H groups in total. The smallest absolute Gasteiger partial charge is 0.344 e. The van der Waals surface area contributed by atoms with Crippen molar-refractivity contribution in [2.75, 3.05) is 36.0 Å². The standard InChI is InChI=1S/C54H55N3O4/c1-7-9-24-55(25-10-8-2)39-19-16-36-28-42(51(58)60-47(36)33-39)34-17-20-40-41-21-18-35(32-46(41)57(45(40)31-34)38-14-12-11-13-15-38)43-29-37-30-44-49-48(50(37)61-52(43)59)54(5,6)23-27-56(49)26-22-53(44,3)4/h11-21,28-33H,7-10,22-27H2,1-6H3. The molecular formula is C54H55N3O4. The van der Waals surface area contributed by atoms with Crippen LogP contribution >= 0.6 is 0 Å². The highest BCUT2D eigenvalue weighted by Gasteiger charge is 2.42. The normalized spacial score (nSPS) is 15.5. The van der Waals surface area contributed by atoms with Gasteiger partial charge in [-0.25, -0.2) is 9.59 Å². The third-order valence-electron chi connectivity index (χ3n) is 13.8. The zero-order valence-electron chi connectivity index (χ0n) is 36.4. The number of hydrogen-bond donors (Lipinski definition) is 0. The van der Waals surface area contributed by atoms with Crippen LogP contribution in [0.1, 0.15) is 91.2 Å². The van der Waals surface area contributed by atoms with Crippen LogP contribution in [-0.4, -0.2) is 30.7 Å². The Hall–Kier alpha value is -6.08. The van der Waals surface area contributed by atoms with E-state index < -0.39 is 0 Å². The quantitative estimate of drug-likeness (QED) is 0.128. The van der Waals surface area contributed by atoms with Gasteiger partial charge in [0.05, 0.1) is 22.2 Å². The van der Waals surface area contributed by atoms with Gasteiger partial charge in [0.2, 0.25) is 0 Å². The number of para-hydroxylation sites is 1. The van der Waals surface area contributed by atoms with E-state index >= 15 is 0 Å². The largest absolute Gasteiger partial charge is 0.422 e. The van der Waals surface area contributed by atoms with Crippen molar-refractivity contribution >= 4 is 55.1 Å². The second-order valence-corrected chi connectivity index (χ2v) is 18.8. The third kappa shape index (κ3) is 6.55. The molecule has 0 radical (unpaired) electrons. The van der Waals surface area contributed by atoms with Gasteiger partial charge in [0.1, 0.15) is 11.2 Å². The minimum Gasteiger partial charge on any atom is -0.422 e. The van der Waals surface area contributed by atoms with E-state index in [1.54, 1.807) is 0 Å². The Morgan fingerprint density at radius 3 is 1.89 bits per heavy atom. The summed E-state index contributed by atoms with van der Waals surface area (Å²) in [6.07, 6.45) is 6.59. The summed E-state index contributed by atoms with van der Waals surface area (Å²) in [6.45, 7) is 17.7. The second kappa shape index (κ2) is 14.8. The number of hydrogen-bond acceptors (Lipinski definition) is 6. The molecule has 2 aliphatic rings. The Morgan fingerprint density at radius 2 is 1.25 bits per heavy atom. The van der Waals surface area contributed by atoms with Gasteiger partial charge in [0, 0.05) is 76.4 Å². The number of nitrogens with zero attached hydrogens (tertiary/aromatic N) is 3. The summed E-state index contributed by atoms with van der Waals surface area (Å²) in [6, 6.07) is 35.3. The molecule has 7 nitrogen and oxygen atoms in total. The van der Waals surface area contributed by atoms with Crippen molar-refractivity contribution in [1.82, 2.24) is 4.57 Å². The average Bonchev–Trinajstić information content (AvgIpc) is 3.58. The zero-order valence-corrected chi connectivity index (χ0v) is 36.4. The van der Waals surface area contributed by atoms with Gasteiger partial charge in [-0.15, -0.1) is 0 Å². The Bertz CT molecular complexity index is 3120. The van der Waals surface area contributed by atoms with Gasteiger partial charge in [0.15, 0.2) is 0 Å². The summed E-state index contributed by atoms with van der Waals surface area (Å²) >= 11 is 0. The zero-order chi connectivity index (χ0) is 42.2. The van der Waals surface area contributed by atoms with E-state index in [0.29, 0.717) is 22.3 Å². The highest BCUT2D eigenvalue weighted by Crippen LogP contribution is 2.52. The lowest BCUT2D eigenvalue weighted by Gasteiger charge is -2.48. The van der Waals surface area contributed by atoms with Gasteiger partial charge in [-0.3, -0.25) is 0 Å². The fraction of sp³-hybridized carbons (Fsp3) is 0.333. The van der Waals surface area contributed by atoms with E-state index in [2.05, 4.69) is 117 Å².